The van der Waals surface area contributed by atoms with Gasteiger partial charge in [0, 0.05) is 6.04 Å². The number of rotatable bonds is 3. The van der Waals surface area contributed by atoms with E-state index >= 15 is 0 Å². The maximum atomic E-state index is 12.8. The first-order valence-corrected chi connectivity index (χ1v) is 8.38. The number of hydrogen-bond donors (Lipinski definition) is 1. The first kappa shape index (κ1) is 16.3. The average molecular weight is 321 g/mol. The van der Waals surface area contributed by atoms with Crippen LogP contribution in [0, 0.1) is 6.92 Å². The molecule has 1 aliphatic rings. The number of nitrogens with one attached hydrogen (secondary N) is 1. The molecule has 1 aliphatic carbocycles. The van der Waals surface area contributed by atoms with Gasteiger partial charge < -0.3 is 0 Å². The fraction of sp³-hybridized carbons (Fsp3) is 0.571. The quantitative estimate of drug-likeness (QED) is 0.924. The molecule has 21 heavy (non-hydrogen) atoms. The van der Waals surface area contributed by atoms with Gasteiger partial charge in [-0.1, -0.05) is 19.3 Å². The Morgan fingerprint density at radius 1 is 1.10 bits per heavy atom. The minimum Gasteiger partial charge on any atom is -0.208 e. The second-order valence-corrected chi connectivity index (χ2v) is 7.20. The standard InChI is InChI=1S/C14H18F3NO2S/c1-10-7-11(14(15,16)17)9-13(8-10)21(19,20)18-12-5-3-2-4-6-12/h7-9,12,18H,2-6H2,1H3. The molecular formula is C14H18F3NO2S. The fourth-order valence-corrected chi connectivity index (χ4v) is 4.01. The SMILES string of the molecule is Cc1cc(C(F)(F)F)cc(S(=O)(=O)NC2CCCCC2)c1. The molecule has 3 nitrogen and oxygen atoms in total. The maximum Gasteiger partial charge on any atom is 0.416 e. The summed E-state index contributed by atoms with van der Waals surface area (Å²) >= 11 is 0. The normalized spacial score (nSPS) is 17.9. The fourth-order valence-electron chi connectivity index (χ4n) is 2.57. The van der Waals surface area contributed by atoms with Gasteiger partial charge in [-0.2, -0.15) is 13.2 Å². The van der Waals surface area contributed by atoms with Gasteiger partial charge in [0.25, 0.3) is 0 Å². The Balaban J connectivity index is 2.29. The zero-order valence-electron chi connectivity index (χ0n) is 11.7. The molecule has 1 saturated carbocycles. The molecule has 7 heteroatoms. The van der Waals surface area contributed by atoms with Crippen LogP contribution in [0.3, 0.4) is 0 Å². The van der Waals surface area contributed by atoms with E-state index in [2.05, 4.69) is 4.72 Å². The molecule has 0 atom stereocenters. The number of sulfonamides is 1. The monoisotopic (exact) mass is 321 g/mol. The van der Waals surface area contributed by atoms with Crippen molar-refractivity contribution in [2.24, 2.45) is 0 Å². The van der Waals surface area contributed by atoms with Crippen molar-refractivity contribution in [3.63, 3.8) is 0 Å². The molecule has 0 bridgehead atoms. The van der Waals surface area contributed by atoms with E-state index in [0.717, 1.165) is 38.2 Å². The number of halogens is 3. The summed E-state index contributed by atoms with van der Waals surface area (Å²) in [6.45, 7) is 1.45. The van der Waals surface area contributed by atoms with E-state index in [0.29, 0.717) is 6.07 Å². The maximum absolute atomic E-state index is 12.8. The summed E-state index contributed by atoms with van der Waals surface area (Å²) in [5.74, 6) is 0. The zero-order chi connectivity index (χ0) is 15.7. The minimum absolute atomic E-state index is 0.182. The van der Waals surface area contributed by atoms with Crippen LogP contribution in [-0.2, 0) is 16.2 Å². The van der Waals surface area contributed by atoms with Crippen molar-refractivity contribution >= 4 is 10.0 Å². The van der Waals surface area contributed by atoms with Crippen LogP contribution in [0.1, 0.15) is 43.2 Å². The molecule has 2 rings (SSSR count). The van der Waals surface area contributed by atoms with E-state index in [1.807, 2.05) is 0 Å². The Morgan fingerprint density at radius 2 is 1.71 bits per heavy atom. The molecule has 1 fully saturated rings. The van der Waals surface area contributed by atoms with Crippen molar-refractivity contribution < 1.29 is 21.6 Å². The molecule has 0 spiro atoms. The number of alkyl halides is 3. The molecule has 0 aliphatic heterocycles. The van der Waals surface area contributed by atoms with Crippen LogP contribution in [0.5, 0.6) is 0 Å². The summed E-state index contributed by atoms with van der Waals surface area (Å²) in [4.78, 5) is -0.319. The Morgan fingerprint density at radius 3 is 2.29 bits per heavy atom. The predicted molar refractivity (Wildman–Crippen MR) is 73.4 cm³/mol. The van der Waals surface area contributed by atoms with E-state index < -0.39 is 21.8 Å². The molecule has 1 aromatic rings. The predicted octanol–water partition coefficient (Wildman–Crippen LogP) is 3.62. The molecule has 1 aromatic carbocycles. The molecule has 0 unspecified atom stereocenters. The first-order valence-electron chi connectivity index (χ1n) is 6.90. The highest BCUT2D eigenvalue weighted by molar-refractivity contribution is 7.89. The molecule has 0 saturated heterocycles. The summed E-state index contributed by atoms with van der Waals surface area (Å²) in [7, 11) is -3.92. The summed E-state index contributed by atoms with van der Waals surface area (Å²) in [5, 5.41) is 0. The number of benzene rings is 1. The molecule has 1 N–H and O–H groups in total. The summed E-state index contributed by atoms with van der Waals surface area (Å²) < 4.78 is 65.4. The second-order valence-electron chi connectivity index (χ2n) is 5.49. The van der Waals surface area contributed by atoms with Crippen LogP contribution in [0.4, 0.5) is 13.2 Å². The van der Waals surface area contributed by atoms with Crippen LogP contribution < -0.4 is 4.72 Å². The summed E-state index contributed by atoms with van der Waals surface area (Å²) in [6, 6.07) is 2.72. The lowest BCUT2D eigenvalue weighted by Gasteiger charge is -2.23. The lowest BCUT2D eigenvalue weighted by molar-refractivity contribution is -0.137. The molecule has 0 amide bonds. The van der Waals surface area contributed by atoms with E-state index in [-0.39, 0.29) is 16.5 Å². The van der Waals surface area contributed by atoms with Gasteiger partial charge in [0.2, 0.25) is 10.0 Å². The van der Waals surface area contributed by atoms with Crippen molar-refractivity contribution in [1.29, 1.82) is 0 Å². The average Bonchev–Trinajstić information content (AvgIpc) is 2.37. The van der Waals surface area contributed by atoms with Crippen molar-refractivity contribution in [2.75, 3.05) is 0 Å². The lowest BCUT2D eigenvalue weighted by atomic mass is 9.96. The van der Waals surface area contributed by atoms with E-state index in [1.54, 1.807) is 0 Å². The van der Waals surface area contributed by atoms with Crippen LogP contribution in [-0.4, -0.2) is 14.5 Å². The van der Waals surface area contributed by atoms with Gasteiger partial charge in [-0.25, -0.2) is 13.1 Å². The van der Waals surface area contributed by atoms with Crippen LogP contribution >= 0.6 is 0 Å². The van der Waals surface area contributed by atoms with Gasteiger partial charge in [0.15, 0.2) is 0 Å². The van der Waals surface area contributed by atoms with E-state index in [9.17, 15) is 21.6 Å². The third kappa shape index (κ3) is 4.20. The van der Waals surface area contributed by atoms with Gasteiger partial charge in [-0.3, -0.25) is 0 Å². The highest BCUT2D eigenvalue weighted by Crippen LogP contribution is 2.31. The van der Waals surface area contributed by atoms with Crippen molar-refractivity contribution in [2.45, 2.75) is 56.1 Å². The topological polar surface area (TPSA) is 46.2 Å². The molecule has 0 aromatic heterocycles. The van der Waals surface area contributed by atoms with Crippen molar-refractivity contribution in [1.82, 2.24) is 4.72 Å². The molecule has 0 heterocycles. The highest BCUT2D eigenvalue weighted by atomic mass is 32.2. The van der Waals surface area contributed by atoms with Gasteiger partial charge in [0.05, 0.1) is 10.5 Å². The molecule has 118 valence electrons. The first-order chi connectivity index (χ1) is 9.68. The number of hydrogen-bond acceptors (Lipinski definition) is 2. The van der Waals surface area contributed by atoms with Crippen molar-refractivity contribution in [3.05, 3.63) is 29.3 Å². The van der Waals surface area contributed by atoms with Gasteiger partial charge in [-0.15, -0.1) is 0 Å². The van der Waals surface area contributed by atoms with E-state index in [4.69, 9.17) is 0 Å². The number of aryl methyl sites for hydroxylation is 1. The highest BCUT2D eigenvalue weighted by Gasteiger charge is 2.32. The van der Waals surface area contributed by atoms with Crippen molar-refractivity contribution in [3.8, 4) is 0 Å². The Kier molecular flexibility index (Phi) is 4.63. The zero-order valence-corrected chi connectivity index (χ0v) is 12.5. The Bertz CT molecular complexity index is 605. The molecular weight excluding hydrogens is 303 g/mol. The Hall–Kier alpha value is -1.08. The second kappa shape index (κ2) is 5.96. The largest absolute Gasteiger partial charge is 0.416 e. The van der Waals surface area contributed by atoms with Gasteiger partial charge >= 0.3 is 6.18 Å². The summed E-state index contributed by atoms with van der Waals surface area (Å²) in [5.41, 5.74) is -0.666. The van der Waals surface area contributed by atoms with E-state index in [1.165, 1.54) is 13.0 Å². The third-order valence-corrected chi connectivity index (χ3v) is 5.12. The third-order valence-electron chi connectivity index (χ3n) is 3.62. The Labute approximate surface area is 122 Å². The van der Waals surface area contributed by atoms with Gasteiger partial charge in [0.1, 0.15) is 0 Å². The smallest absolute Gasteiger partial charge is 0.208 e. The lowest BCUT2D eigenvalue weighted by Crippen LogP contribution is -2.36. The van der Waals surface area contributed by atoms with Crippen LogP contribution in [0.2, 0.25) is 0 Å². The summed E-state index contributed by atoms with van der Waals surface area (Å²) in [6.07, 6.45) is -0.139. The van der Waals surface area contributed by atoms with Crippen LogP contribution in [0.25, 0.3) is 0 Å². The van der Waals surface area contributed by atoms with Gasteiger partial charge in [-0.05, 0) is 43.5 Å². The molecule has 0 radical (unpaired) electrons. The minimum atomic E-state index is -4.55. The van der Waals surface area contributed by atoms with Crippen LogP contribution in [0.15, 0.2) is 23.1 Å².